The Morgan fingerprint density at radius 2 is 2.25 bits per heavy atom. The van der Waals surface area contributed by atoms with E-state index >= 15 is 0 Å². The van der Waals surface area contributed by atoms with Crippen molar-refractivity contribution in [1.82, 2.24) is 9.88 Å². The van der Waals surface area contributed by atoms with E-state index in [1.807, 2.05) is 30.3 Å². The average Bonchev–Trinajstić information content (AvgIpc) is 3.00. The Hall–Kier alpha value is -2.82. The lowest BCUT2D eigenvalue weighted by molar-refractivity contribution is -0.118. The van der Waals surface area contributed by atoms with Crippen LogP contribution in [-0.2, 0) is 4.79 Å². The first-order chi connectivity index (χ1) is 11.6. The van der Waals surface area contributed by atoms with Crippen LogP contribution in [0.15, 0.2) is 48.2 Å². The number of rotatable bonds is 2. The smallest absolute Gasteiger partial charge is 0.274 e. The van der Waals surface area contributed by atoms with Gasteiger partial charge >= 0.3 is 0 Å². The summed E-state index contributed by atoms with van der Waals surface area (Å²) in [7, 11) is 1.62. The lowest BCUT2D eigenvalue weighted by Gasteiger charge is -2.24. The van der Waals surface area contributed by atoms with Gasteiger partial charge in [-0.05, 0) is 48.8 Å². The second-order valence-electron chi connectivity index (χ2n) is 6.70. The second kappa shape index (κ2) is 4.38. The van der Waals surface area contributed by atoms with E-state index in [2.05, 4.69) is 4.98 Å². The van der Waals surface area contributed by atoms with E-state index in [0.29, 0.717) is 12.2 Å². The van der Waals surface area contributed by atoms with Gasteiger partial charge in [-0.2, -0.15) is 0 Å². The zero-order valence-corrected chi connectivity index (χ0v) is 13.2. The molecule has 5 heteroatoms. The van der Waals surface area contributed by atoms with Gasteiger partial charge in [-0.15, -0.1) is 0 Å². The average molecular weight is 320 g/mol. The summed E-state index contributed by atoms with van der Waals surface area (Å²) in [5.74, 6) is 1.09. The van der Waals surface area contributed by atoms with Crippen LogP contribution in [0.3, 0.4) is 0 Å². The molecule has 1 aromatic carbocycles. The minimum atomic E-state index is -0.417. The second-order valence-corrected chi connectivity index (χ2v) is 6.70. The fraction of sp³-hybridized carbons (Fsp3) is 0.263. The number of likely N-dealkylation sites (tertiary alicyclic amines) is 1. The normalized spacial score (nSPS) is 27.0. The number of H-pyrrole nitrogens is 1. The molecule has 1 spiro atoms. The highest BCUT2D eigenvalue weighted by atomic mass is 16.5. The van der Waals surface area contributed by atoms with Crippen LogP contribution < -0.4 is 4.74 Å². The highest BCUT2D eigenvalue weighted by Gasteiger charge is 2.68. The highest BCUT2D eigenvalue weighted by molar-refractivity contribution is 6.05. The summed E-state index contributed by atoms with van der Waals surface area (Å²) in [5, 5.41) is 0.936. The van der Waals surface area contributed by atoms with Crippen LogP contribution in [-0.4, -0.2) is 35.2 Å². The van der Waals surface area contributed by atoms with Crippen molar-refractivity contribution in [1.29, 1.82) is 0 Å². The fourth-order valence-electron chi connectivity index (χ4n) is 4.16. The molecule has 5 nitrogen and oxygen atoms in total. The van der Waals surface area contributed by atoms with Crippen molar-refractivity contribution in [2.75, 3.05) is 13.7 Å². The zero-order valence-electron chi connectivity index (χ0n) is 13.2. The minimum Gasteiger partial charge on any atom is -0.497 e. The molecule has 2 fully saturated rings. The molecule has 0 radical (unpaired) electrons. The number of methoxy groups -OCH3 is 1. The molecule has 1 amide bonds. The van der Waals surface area contributed by atoms with Gasteiger partial charge in [0.2, 0.25) is 0 Å². The van der Waals surface area contributed by atoms with Crippen molar-refractivity contribution < 1.29 is 14.3 Å². The van der Waals surface area contributed by atoms with Crippen LogP contribution in [0.2, 0.25) is 0 Å². The van der Waals surface area contributed by atoms with Crippen molar-refractivity contribution in [3.05, 3.63) is 53.9 Å². The van der Waals surface area contributed by atoms with Crippen LogP contribution in [0, 0.1) is 11.3 Å². The van der Waals surface area contributed by atoms with Gasteiger partial charge in [0.15, 0.2) is 5.78 Å². The summed E-state index contributed by atoms with van der Waals surface area (Å²) in [6.45, 7) is 0.622. The van der Waals surface area contributed by atoms with E-state index in [-0.39, 0.29) is 17.6 Å². The van der Waals surface area contributed by atoms with E-state index in [1.165, 1.54) is 0 Å². The van der Waals surface area contributed by atoms with Gasteiger partial charge in [0.25, 0.3) is 5.91 Å². The summed E-state index contributed by atoms with van der Waals surface area (Å²) in [6.07, 6.45) is 6.17. The summed E-state index contributed by atoms with van der Waals surface area (Å²) < 4.78 is 5.23. The predicted molar refractivity (Wildman–Crippen MR) is 88.7 cm³/mol. The molecule has 2 atom stereocenters. The number of amides is 1. The summed E-state index contributed by atoms with van der Waals surface area (Å²) in [6, 6.07) is 7.51. The summed E-state index contributed by atoms with van der Waals surface area (Å²) >= 11 is 0. The maximum Gasteiger partial charge on any atom is 0.274 e. The molecule has 120 valence electrons. The molecule has 1 aromatic heterocycles. The number of piperidine rings is 1. The molecule has 5 rings (SSSR count). The number of carbonyl (C=O) groups excluding carboxylic acids is 2. The highest BCUT2D eigenvalue weighted by Crippen LogP contribution is 2.65. The van der Waals surface area contributed by atoms with Gasteiger partial charge in [-0.25, -0.2) is 0 Å². The van der Waals surface area contributed by atoms with Crippen LogP contribution >= 0.6 is 0 Å². The van der Waals surface area contributed by atoms with Crippen molar-refractivity contribution in [2.45, 2.75) is 6.42 Å². The minimum absolute atomic E-state index is 0.0777. The molecular formula is C19H16N2O3. The number of nitrogens with one attached hydrogen (secondary N) is 1. The molecule has 1 N–H and O–H groups in total. The van der Waals surface area contributed by atoms with Crippen molar-refractivity contribution in [3.63, 3.8) is 0 Å². The van der Waals surface area contributed by atoms with E-state index in [1.54, 1.807) is 24.2 Å². The Bertz CT molecular complexity index is 968. The molecule has 2 unspecified atom stereocenters. The molecule has 1 saturated carbocycles. The first-order valence-corrected chi connectivity index (χ1v) is 8.05. The molecule has 2 aromatic rings. The van der Waals surface area contributed by atoms with Crippen molar-refractivity contribution in [2.24, 2.45) is 11.3 Å². The molecule has 2 aliphatic carbocycles. The number of carbonyl (C=O) groups is 2. The number of nitrogens with zero attached hydrogens (tertiary/aromatic N) is 1. The van der Waals surface area contributed by atoms with Gasteiger partial charge in [-0.3, -0.25) is 9.59 Å². The Morgan fingerprint density at radius 3 is 3.08 bits per heavy atom. The van der Waals surface area contributed by atoms with Gasteiger partial charge in [-0.1, -0.05) is 6.08 Å². The van der Waals surface area contributed by atoms with E-state index < -0.39 is 5.41 Å². The molecule has 3 aliphatic rings. The van der Waals surface area contributed by atoms with Crippen molar-refractivity contribution in [3.8, 4) is 5.75 Å². The number of ether oxygens (including phenoxy) is 1. The molecule has 1 aliphatic heterocycles. The lowest BCUT2D eigenvalue weighted by Crippen LogP contribution is -2.32. The Balaban J connectivity index is 1.52. The van der Waals surface area contributed by atoms with Gasteiger partial charge in [0, 0.05) is 23.1 Å². The summed E-state index contributed by atoms with van der Waals surface area (Å²) in [5.41, 5.74) is 1.88. The third kappa shape index (κ3) is 1.59. The Morgan fingerprint density at radius 1 is 1.38 bits per heavy atom. The molecule has 1 saturated heterocycles. The number of ketones is 1. The maximum absolute atomic E-state index is 13.0. The standard InChI is InChI=1S/C19H16N2O3/c1-24-13-5-6-14-11(7-13)8-15(20-14)18(23)21-10-12-9-19(12)16(21)3-2-4-17(19)22/h2-8,12,20H,9-10H2,1H3. The van der Waals surface area contributed by atoms with Crippen LogP contribution in [0.1, 0.15) is 16.9 Å². The number of aromatic amines is 1. The quantitative estimate of drug-likeness (QED) is 0.925. The van der Waals surface area contributed by atoms with E-state index in [4.69, 9.17) is 4.74 Å². The third-order valence-electron chi connectivity index (χ3n) is 5.50. The third-order valence-corrected chi connectivity index (χ3v) is 5.50. The molecule has 2 heterocycles. The SMILES string of the molecule is COc1ccc2[nH]c(C(=O)N3CC4CC45C(=O)C=CC=C35)cc2c1. The monoisotopic (exact) mass is 320 g/mol. The molecule has 24 heavy (non-hydrogen) atoms. The van der Waals surface area contributed by atoms with Crippen LogP contribution in [0.25, 0.3) is 10.9 Å². The largest absolute Gasteiger partial charge is 0.497 e. The number of fused-ring (bicyclic) bond motifs is 1. The van der Waals surface area contributed by atoms with Crippen LogP contribution in [0.4, 0.5) is 0 Å². The first kappa shape index (κ1) is 13.6. The maximum atomic E-state index is 13.0. The number of aromatic nitrogens is 1. The van der Waals surface area contributed by atoms with Crippen molar-refractivity contribution >= 4 is 22.6 Å². The number of hydrogen-bond acceptors (Lipinski definition) is 3. The number of allylic oxidation sites excluding steroid dienone is 4. The molecule has 0 bridgehead atoms. The predicted octanol–water partition coefficient (Wildman–Crippen LogP) is 2.66. The number of hydrogen-bond donors (Lipinski definition) is 1. The number of benzene rings is 1. The first-order valence-electron chi connectivity index (χ1n) is 8.05. The lowest BCUT2D eigenvalue weighted by atomic mass is 9.91. The summed E-state index contributed by atoms with van der Waals surface area (Å²) in [4.78, 5) is 30.2. The topological polar surface area (TPSA) is 62.4 Å². The Labute approximate surface area is 138 Å². The Kier molecular flexibility index (Phi) is 2.48. The van der Waals surface area contributed by atoms with E-state index in [9.17, 15) is 9.59 Å². The van der Waals surface area contributed by atoms with E-state index in [0.717, 1.165) is 28.8 Å². The van der Waals surface area contributed by atoms with Gasteiger partial charge < -0.3 is 14.6 Å². The zero-order chi connectivity index (χ0) is 16.5. The van der Waals surface area contributed by atoms with Crippen LogP contribution in [0.5, 0.6) is 5.75 Å². The van der Waals surface area contributed by atoms with Gasteiger partial charge in [0.1, 0.15) is 11.4 Å². The van der Waals surface area contributed by atoms with Gasteiger partial charge in [0.05, 0.1) is 12.5 Å². The molecular weight excluding hydrogens is 304 g/mol. The fourth-order valence-corrected chi connectivity index (χ4v) is 4.16.